The van der Waals surface area contributed by atoms with Crippen molar-refractivity contribution < 1.29 is 19.4 Å². The van der Waals surface area contributed by atoms with Crippen LogP contribution in [0.5, 0.6) is 17.2 Å². The number of anilines is 1. The van der Waals surface area contributed by atoms with Gasteiger partial charge in [-0.25, -0.2) is 0 Å². The van der Waals surface area contributed by atoms with Crippen LogP contribution in [0.25, 0.3) is 0 Å². The molecule has 1 amide bonds. The Hall–Kier alpha value is -3.66. The van der Waals surface area contributed by atoms with E-state index < -0.39 is 5.91 Å². The third-order valence-corrected chi connectivity index (χ3v) is 3.51. The molecule has 3 N–H and O–H groups in total. The van der Waals surface area contributed by atoms with Gasteiger partial charge in [-0.3, -0.25) is 4.79 Å². The molecule has 7 heteroatoms. The summed E-state index contributed by atoms with van der Waals surface area (Å²) in [4.78, 5) is 12.1. The summed E-state index contributed by atoms with van der Waals surface area (Å²) in [6.07, 6.45) is 1.32. The largest absolute Gasteiger partial charge is 0.508 e. The third kappa shape index (κ3) is 4.00. The molecule has 3 rings (SSSR count). The molecule has 0 radical (unpaired) electrons. The first-order chi connectivity index (χ1) is 12.2. The number of phenols is 1. The summed E-state index contributed by atoms with van der Waals surface area (Å²) in [5.74, 6) is 0.950. The lowest BCUT2D eigenvalue weighted by molar-refractivity contribution is -0.117. The van der Waals surface area contributed by atoms with Crippen molar-refractivity contribution in [2.45, 2.75) is 6.54 Å². The molecule has 25 heavy (non-hydrogen) atoms. The van der Waals surface area contributed by atoms with E-state index in [0.29, 0.717) is 17.2 Å². The second kappa shape index (κ2) is 7.27. The van der Waals surface area contributed by atoms with E-state index in [4.69, 9.17) is 14.7 Å². The number of carbonyl (C=O) groups is 1. The summed E-state index contributed by atoms with van der Waals surface area (Å²) in [5, 5.41) is 23.9. The summed E-state index contributed by atoms with van der Waals surface area (Å²) in [6.45, 7) is 0.448. The summed E-state index contributed by atoms with van der Waals surface area (Å²) in [5.41, 5.74) is 1.42. The van der Waals surface area contributed by atoms with E-state index in [1.54, 1.807) is 24.3 Å². The average Bonchev–Trinajstić information content (AvgIpc) is 3.09. The highest BCUT2D eigenvalue weighted by Crippen LogP contribution is 2.32. The number of amides is 1. The van der Waals surface area contributed by atoms with Crippen LogP contribution >= 0.6 is 0 Å². The van der Waals surface area contributed by atoms with Crippen LogP contribution in [0, 0.1) is 11.3 Å². The fourth-order valence-corrected chi connectivity index (χ4v) is 2.19. The molecule has 0 bridgehead atoms. The molecular formula is C18H15N3O4. The summed E-state index contributed by atoms with van der Waals surface area (Å²) in [6, 6.07) is 13.5. The lowest BCUT2D eigenvalue weighted by Crippen LogP contribution is -2.24. The maximum atomic E-state index is 12.1. The second-order valence-corrected chi connectivity index (χ2v) is 5.23. The average molecular weight is 337 g/mol. The van der Waals surface area contributed by atoms with Gasteiger partial charge in [0.05, 0.1) is 0 Å². The highest BCUT2D eigenvalue weighted by Gasteiger charge is 2.14. The zero-order valence-corrected chi connectivity index (χ0v) is 13.2. The van der Waals surface area contributed by atoms with Crippen LogP contribution < -0.4 is 20.1 Å². The molecule has 1 aliphatic rings. The van der Waals surface area contributed by atoms with Crippen molar-refractivity contribution in [2.24, 2.45) is 0 Å². The number of benzene rings is 2. The SMILES string of the molecule is N#C/C(=C/Nc1ccc(O)cc1)C(=O)NCc1ccc2c(c1)OCO2. The zero-order chi connectivity index (χ0) is 17.6. The molecule has 2 aromatic rings. The summed E-state index contributed by atoms with van der Waals surface area (Å²) >= 11 is 0. The first-order valence-electron chi connectivity index (χ1n) is 7.48. The monoisotopic (exact) mass is 337 g/mol. The maximum absolute atomic E-state index is 12.1. The van der Waals surface area contributed by atoms with Gasteiger partial charge in [0.1, 0.15) is 17.4 Å². The normalized spacial score (nSPS) is 12.4. The van der Waals surface area contributed by atoms with Gasteiger partial charge < -0.3 is 25.2 Å². The summed E-state index contributed by atoms with van der Waals surface area (Å²) < 4.78 is 10.5. The molecule has 0 aliphatic carbocycles. The van der Waals surface area contributed by atoms with Crippen LogP contribution in [0.3, 0.4) is 0 Å². The Labute approximate surface area is 144 Å². The third-order valence-electron chi connectivity index (χ3n) is 3.51. The van der Waals surface area contributed by atoms with Crippen molar-refractivity contribution in [3.8, 4) is 23.3 Å². The fraction of sp³-hybridized carbons (Fsp3) is 0.111. The Kier molecular flexibility index (Phi) is 4.72. The van der Waals surface area contributed by atoms with Gasteiger partial charge in [-0.05, 0) is 42.0 Å². The quantitative estimate of drug-likeness (QED) is 0.439. The number of rotatable bonds is 5. The number of nitrogens with zero attached hydrogens (tertiary/aromatic N) is 1. The van der Waals surface area contributed by atoms with Gasteiger partial charge in [0.15, 0.2) is 11.5 Å². The molecular weight excluding hydrogens is 322 g/mol. The van der Waals surface area contributed by atoms with Gasteiger partial charge in [-0.2, -0.15) is 5.26 Å². The highest BCUT2D eigenvalue weighted by molar-refractivity contribution is 5.97. The minimum Gasteiger partial charge on any atom is -0.508 e. The van der Waals surface area contributed by atoms with Crippen LogP contribution in [0.1, 0.15) is 5.56 Å². The molecule has 0 spiro atoms. The van der Waals surface area contributed by atoms with Crippen LogP contribution in [0.15, 0.2) is 54.2 Å². The Balaban J connectivity index is 1.59. The molecule has 7 nitrogen and oxygen atoms in total. The van der Waals surface area contributed by atoms with Crippen molar-refractivity contribution >= 4 is 11.6 Å². The van der Waals surface area contributed by atoms with Gasteiger partial charge in [0, 0.05) is 18.4 Å². The molecule has 0 aromatic heterocycles. The predicted octanol–water partition coefficient (Wildman–Crippen LogP) is 2.26. The van der Waals surface area contributed by atoms with Crippen LogP contribution in [0.4, 0.5) is 5.69 Å². The Morgan fingerprint density at radius 1 is 1.20 bits per heavy atom. The van der Waals surface area contributed by atoms with Crippen molar-refractivity contribution in [1.82, 2.24) is 5.32 Å². The van der Waals surface area contributed by atoms with Crippen LogP contribution in [-0.2, 0) is 11.3 Å². The maximum Gasteiger partial charge on any atom is 0.263 e. The predicted molar refractivity (Wildman–Crippen MR) is 89.8 cm³/mol. The van der Waals surface area contributed by atoms with Gasteiger partial charge in [-0.15, -0.1) is 0 Å². The van der Waals surface area contributed by atoms with Crippen molar-refractivity contribution in [3.05, 3.63) is 59.8 Å². The molecule has 0 fully saturated rings. The standard InChI is InChI=1S/C18H15N3O4/c19-8-13(10-20-14-2-4-15(22)5-3-14)18(23)21-9-12-1-6-16-17(7-12)25-11-24-16/h1-7,10,20,22H,9,11H2,(H,21,23)/b13-10-. The van der Waals surface area contributed by atoms with E-state index in [2.05, 4.69) is 10.6 Å². The van der Waals surface area contributed by atoms with Crippen LogP contribution in [-0.4, -0.2) is 17.8 Å². The number of nitriles is 1. The van der Waals surface area contributed by atoms with E-state index in [1.165, 1.54) is 18.3 Å². The number of nitrogens with one attached hydrogen (secondary N) is 2. The van der Waals surface area contributed by atoms with E-state index >= 15 is 0 Å². The van der Waals surface area contributed by atoms with Gasteiger partial charge in [0.25, 0.3) is 5.91 Å². The number of aromatic hydroxyl groups is 1. The van der Waals surface area contributed by atoms with Crippen molar-refractivity contribution in [1.29, 1.82) is 5.26 Å². The van der Waals surface area contributed by atoms with E-state index in [9.17, 15) is 9.90 Å². The minimum atomic E-state index is -0.494. The van der Waals surface area contributed by atoms with E-state index in [0.717, 1.165) is 5.56 Å². The molecule has 2 aromatic carbocycles. The lowest BCUT2D eigenvalue weighted by atomic mass is 10.2. The number of phenolic OH excluding ortho intramolecular Hbond substituents is 1. The highest BCUT2D eigenvalue weighted by atomic mass is 16.7. The van der Waals surface area contributed by atoms with E-state index in [1.807, 2.05) is 12.1 Å². The number of carbonyl (C=O) groups excluding carboxylic acids is 1. The Morgan fingerprint density at radius 3 is 2.72 bits per heavy atom. The molecule has 0 saturated heterocycles. The molecule has 0 unspecified atom stereocenters. The first-order valence-corrected chi connectivity index (χ1v) is 7.48. The van der Waals surface area contributed by atoms with Gasteiger partial charge in [-0.1, -0.05) is 6.07 Å². The van der Waals surface area contributed by atoms with Gasteiger partial charge in [0.2, 0.25) is 6.79 Å². The number of hydrogen-bond acceptors (Lipinski definition) is 6. The lowest BCUT2D eigenvalue weighted by Gasteiger charge is -2.06. The zero-order valence-electron chi connectivity index (χ0n) is 13.2. The fourth-order valence-electron chi connectivity index (χ4n) is 2.19. The van der Waals surface area contributed by atoms with E-state index in [-0.39, 0.29) is 24.7 Å². The summed E-state index contributed by atoms with van der Waals surface area (Å²) in [7, 11) is 0. The number of hydrogen-bond donors (Lipinski definition) is 3. The van der Waals surface area contributed by atoms with Crippen molar-refractivity contribution in [2.75, 3.05) is 12.1 Å². The number of fused-ring (bicyclic) bond motifs is 1. The molecule has 0 atom stereocenters. The minimum absolute atomic E-state index is 0.0613. The topological polar surface area (TPSA) is 104 Å². The Morgan fingerprint density at radius 2 is 1.96 bits per heavy atom. The molecule has 0 saturated carbocycles. The second-order valence-electron chi connectivity index (χ2n) is 5.23. The number of ether oxygens (including phenoxy) is 2. The molecule has 126 valence electrons. The smallest absolute Gasteiger partial charge is 0.263 e. The van der Waals surface area contributed by atoms with Gasteiger partial charge >= 0.3 is 0 Å². The van der Waals surface area contributed by atoms with Crippen LogP contribution in [0.2, 0.25) is 0 Å². The van der Waals surface area contributed by atoms with Crippen molar-refractivity contribution in [3.63, 3.8) is 0 Å². The Bertz CT molecular complexity index is 854. The molecule has 1 aliphatic heterocycles. The first kappa shape index (κ1) is 16.2. The molecule has 1 heterocycles.